The molecule has 0 aliphatic heterocycles. The fourth-order valence-corrected chi connectivity index (χ4v) is 3.72. The number of carbonyl (C=O) groups excluding carboxylic acids is 1. The molecular weight excluding hydrogens is 487 g/mol. The number of carbonyl (C=O) groups is 1. The molecule has 0 saturated heterocycles. The van der Waals surface area contributed by atoms with E-state index in [0.717, 1.165) is 18.1 Å². The lowest BCUT2D eigenvalue weighted by atomic mass is 10.2. The van der Waals surface area contributed by atoms with Crippen molar-refractivity contribution >= 4 is 60.4 Å². The van der Waals surface area contributed by atoms with Crippen LogP contribution in [0.4, 0.5) is 0 Å². The highest BCUT2D eigenvalue weighted by molar-refractivity contribution is 14.1. The van der Waals surface area contributed by atoms with Crippen molar-refractivity contribution < 1.29 is 9.53 Å². The summed E-state index contributed by atoms with van der Waals surface area (Å²) in [4.78, 5) is 12.2. The van der Waals surface area contributed by atoms with Crippen LogP contribution in [0, 0.1) is 10.5 Å². The molecule has 0 bridgehead atoms. The van der Waals surface area contributed by atoms with Crippen molar-refractivity contribution in [3.63, 3.8) is 0 Å². The highest BCUT2D eigenvalue weighted by atomic mass is 127. The lowest BCUT2D eigenvalue weighted by Gasteiger charge is -2.11. The molecule has 0 heterocycles. The predicted molar refractivity (Wildman–Crippen MR) is 90.7 cm³/mol. The smallest absolute Gasteiger partial charge is 0.344 e. The molecule has 0 fully saturated rings. The van der Waals surface area contributed by atoms with Crippen LogP contribution in [0.5, 0.6) is 5.75 Å². The summed E-state index contributed by atoms with van der Waals surface area (Å²) in [6.45, 7) is 1.90. The first-order valence-electron chi connectivity index (χ1n) is 5.41. The van der Waals surface area contributed by atoms with Crippen LogP contribution in [0.25, 0.3) is 0 Å². The molecular formula is C14H9Br2IO2. The van der Waals surface area contributed by atoms with Gasteiger partial charge in [-0.3, -0.25) is 0 Å². The SMILES string of the molecule is Cc1cc(Br)cc(Br)c1OC(=O)c1ccccc1I. The van der Waals surface area contributed by atoms with E-state index in [4.69, 9.17) is 4.74 Å². The molecule has 98 valence electrons. The predicted octanol–water partition coefficient (Wildman–Crippen LogP) is 5.34. The maximum absolute atomic E-state index is 12.2. The van der Waals surface area contributed by atoms with E-state index in [1.807, 2.05) is 37.3 Å². The van der Waals surface area contributed by atoms with Crippen molar-refractivity contribution in [3.05, 3.63) is 60.0 Å². The fourth-order valence-electron chi connectivity index (χ4n) is 1.59. The molecule has 0 N–H and O–H groups in total. The molecule has 0 unspecified atom stereocenters. The molecule has 0 aromatic heterocycles. The molecule has 19 heavy (non-hydrogen) atoms. The Hall–Kier alpha value is -0.400. The van der Waals surface area contributed by atoms with Gasteiger partial charge in [0.1, 0.15) is 5.75 Å². The minimum Gasteiger partial charge on any atom is -0.421 e. The maximum Gasteiger partial charge on any atom is 0.344 e. The Labute approximate surface area is 141 Å². The molecule has 0 saturated carbocycles. The van der Waals surface area contributed by atoms with Crippen molar-refractivity contribution in [1.82, 2.24) is 0 Å². The second-order valence-corrected chi connectivity index (χ2v) is 6.84. The largest absolute Gasteiger partial charge is 0.421 e. The number of hydrogen-bond acceptors (Lipinski definition) is 2. The summed E-state index contributed by atoms with van der Waals surface area (Å²) in [5, 5.41) is 0. The van der Waals surface area contributed by atoms with E-state index in [0.29, 0.717) is 11.3 Å². The standard InChI is InChI=1S/C14H9Br2IO2/c1-8-6-9(15)7-11(16)13(8)19-14(18)10-4-2-3-5-12(10)17/h2-7H,1H3. The number of hydrogen-bond donors (Lipinski definition) is 0. The maximum atomic E-state index is 12.2. The zero-order chi connectivity index (χ0) is 14.0. The van der Waals surface area contributed by atoms with Crippen molar-refractivity contribution in [2.24, 2.45) is 0 Å². The molecule has 2 aromatic rings. The average molecular weight is 496 g/mol. The fraction of sp³-hybridized carbons (Fsp3) is 0.0714. The normalized spacial score (nSPS) is 10.3. The number of rotatable bonds is 2. The Morgan fingerprint density at radius 1 is 1.21 bits per heavy atom. The molecule has 0 spiro atoms. The average Bonchev–Trinajstić information content (AvgIpc) is 2.34. The highest BCUT2D eigenvalue weighted by Crippen LogP contribution is 2.33. The third-order valence-electron chi connectivity index (χ3n) is 2.48. The zero-order valence-electron chi connectivity index (χ0n) is 9.91. The van der Waals surface area contributed by atoms with Crippen LogP contribution in [-0.4, -0.2) is 5.97 Å². The molecule has 0 radical (unpaired) electrons. The van der Waals surface area contributed by atoms with E-state index in [-0.39, 0.29) is 5.97 Å². The molecule has 0 amide bonds. The Morgan fingerprint density at radius 2 is 1.89 bits per heavy atom. The molecule has 0 aliphatic rings. The summed E-state index contributed by atoms with van der Waals surface area (Å²) >= 11 is 8.93. The Balaban J connectivity index is 2.32. The minimum absolute atomic E-state index is 0.351. The van der Waals surface area contributed by atoms with Gasteiger partial charge in [0.25, 0.3) is 0 Å². The second-order valence-electron chi connectivity index (χ2n) is 3.90. The van der Waals surface area contributed by atoms with Crippen LogP contribution in [0.15, 0.2) is 45.3 Å². The highest BCUT2D eigenvalue weighted by Gasteiger charge is 2.15. The zero-order valence-corrected chi connectivity index (χ0v) is 15.2. The van der Waals surface area contributed by atoms with Crippen LogP contribution in [0.2, 0.25) is 0 Å². The molecule has 0 aliphatic carbocycles. The summed E-state index contributed by atoms with van der Waals surface area (Å²) in [7, 11) is 0. The van der Waals surface area contributed by atoms with Crippen LogP contribution in [0.1, 0.15) is 15.9 Å². The quantitative estimate of drug-likeness (QED) is 0.319. The van der Waals surface area contributed by atoms with Gasteiger partial charge in [0, 0.05) is 8.04 Å². The van der Waals surface area contributed by atoms with E-state index in [1.54, 1.807) is 6.07 Å². The van der Waals surface area contributed by atoms with E-state index in [2.05, 4.69) is 54.5 Å². The first kappa shape index (κ1) is 15.0. The number of benzene rings is 2. The van der Waals surface area contributed by atoms with Gasteiger partial charge in [0.15, 0.2) is 0 Å². The van der Waals surface area contributed by atoms with Gasteiger partial charge in [-0.15, -0.1) is 0 Å². The van der Waals surface area contributed by atoms with Crippen molar-refractivity contribution in [2.45, 2.75) is 6.92 Å². The molecule has 2 rings (SSSR count). The Morgan fingerprint density at radius 3 is 2.53 bits per heavy atom. The van der Waals surface area contributed by atoms with Crippen molar-refractivity contribution in [1.29, 1.82) is 0 Å². The van der Waals surface area contributed by atoms with Gasteiger partial charge >= 0.3 is 5.97 Å². The molecule has 2 nitrogen and oxygen atoms in total. The van der Waals surface area contributed by atoms with Crippen LogP contribution in [0.3, 0.4) is 0 Å². The number of esters is 1. The van der Waals surface area contributed by atoms with Crippen LogP contribution < -0.4 is 4.74 Å². The van der Waals surface area contributed by atoms with Gasteiger partial charge in [-0.1, -0.05) is 28.1 Å². The lowest BCUT2D eigenvalue weighted by Crippen LogP contribution is -2.11. The van der Waals surface area contributed by atoms with Gasteiger partial charge in [0.05, 0.1) is 10.0 Å². The van der Waals surface area contributed by atoms with Crippen LogP contribution in [-0.2, 0) is 0 Å². The monoisotopic (exact) mass is 494 g/mol. The lowest BCUT2D eigenvalue weighted by molar-refractivity contribution is 0.0731. The van der Waals surface area contributed by atoms with Gasteiger partial charge < -0.3 is 4.74 Å². The summed E-state index contributed by atoms with van der Waals surface area (Å²) in [5.41, 5.74) is 1.46. The summed E-state index contributed by atoms with van der Waals surface area (Å²) in [6.07, 6.45) is 0. The van der Waals surface area contributed by atoms with Gasteiger partial charge in [-0.2, -0.15) is 0 Å². The van der Waals surface area contributed by atoms with E-state index in [9.17, 15) is 4.79 Å². The second kappa shape index (κ2) is 6.37. The van der Waals surface area contributed by atoms with Crippen molar-refractivity contribution in [2.75, 3.05) is 0 Å². The Bertz CT molecular complexity index is 618. The van der Waals surface area contributed by atoms with Crippen LogP contribution >= 0.6 is 54.5 Å². The number of halogens is 3. The van der Waals surface area contributed by atoms with Crippen molar-refractivity contribution in [3.8, 4) is 5.75 Å². The van der Waals surface area contributed by atoms with E-state index >= 15 is 0 Å². The van der Waals surface area contributed by atoms with Gasteiger partial charge in [0.2, 0.25) is 0 Å². The van der Waals surface area contributed by atoms with E-state index in [1.165, 1.54) is 0 Å². The third-order valence-corrected chi connectivity index (χ3v) is 4.47. The topological polar surface area (TPSA) is 26.3 Å². The summed E-state index contributed by atoms with van der Waals surface area (Å²) in [5.74, 6) is 0.198. The van der Waals surface area contributed by atoms with Gasteiger partial charge in [-0.25, -0.2) is 4.79 Å². The number of aryl methyl sites for hydroxylation is 1. The molecule has 5 heteroatoms. The summed E-state index contributed by atoms with van der Waals surface area (Å²) < 4.78 is 8.04. The Kier molecular flexibility index (Phi) is 5.03. The van der Waals surface area contributed by atoms with Gasteiger partial charge in [-0.05, 0) is 75.3 Å². The third kappa shape index (κ3) is 3.58. The first-order valence-corrected chi connectivity index (χ1v) is 8.08. The van der Waals surface area contributed by atoms with E-state index < -0.39 is 0 Å². The number of ether oxygens (including phenoxy) is 1. The minimum atomic E-state index is -0.351. The molecule has 2 aromatic carbocycles. The molecule has 0 atom stereocenters. The summed E-state index contributed by atoms with van der Waals surface area (Å²) in [6, 6.07) is 11.1. The first-order chi connectivity index (χ1) is 8.99.